The van der Waals surface area contributed by atoms with E-state index in [4.69, 9.17) is 9.47 Å². The van der Waals surface area contributed by atoms with Crippen molar-refractivity contribution in [2.75, 3.05) is 40.0 Å². The first-order valence-corrected chi connectivity index (χ1v) is 5.65. The van der Waals surface area contributed by atoms with Gasteiger partial charge in [-0.3, -0.25) is 0 Å². The zero-order chi connectivity index (χ0) is 9.86. The smallest absolute Gasteiger partial charge is 0.0521 e. The van der Waals surface area contributed by atoms with Gasteiger partial charge in [0.1, 0.15) is 0 Å². The number of piperidine rings is 1. The topological polar surface area (TPSA) is 30.5 Å². The summed E-state index contributed by atoms with van der Waals surface area (Å²) in [7, 11) is 1.80. The Balaban J connectivity index is 0.00000112. The average molecular weight is 236 g/mol. The van der Waals surface area contributed by atoms with Crippen LogP contribution in [0.2, 0.25) is 0 Å². The molecule has 2 aliphatic heterocycles. The molecule has 1 unspecified atom stereocenters. The summed E-state index contributed by atoms with van der Waals surface area (Å²) in [6.45, 7) is 5.04. The molecule has 2 rings (SSSR count). The quantitative estimate of drug-likeness (QED) is 0.786. The highest BCUT2D eigenvalue weighted by atomic mass is 35.5. The Kier molecular flexibility index (Phi) is 5.33. The van der Waals surface area contributed by atoms with Crippen molar-refractivity contribution in [2.24, 2.45) is 11.3 Å². The largest absolute Gasteiger partial charge is 0.384 e. The number of methoxy groups -OCH3 is 1. The monoisotopic (exact) mass is 235 g/mol. The number of hydrogen-bond acceptors (Lipinski definition) is 3. The maximum atomic E-state index is 5.56. The molecule has 2 aliphatic rings. The summed E-state index contributed by atoms with van der Waals surface area (Å²) in [5.74, 6) is 0.614. The normalized spacial score (nSPS) is 29.8. The van der Waals surface area contributed by atoms with Gasteiger partial charge in [0.25, 0.3) is 0 Å². The minimum atomic E-state index is 0. The lowest BCUT2D eigenvalue weighted by molar-refractivity contribution is -0.0821. The Bertz CT molecular complexity index is 173. The fourth-order valence-electron chi connectivity index (χ4n) is 2.89. The van der Waals surface area contributed by atoms with Crippen LogP contribution < -0.4 is 5.32 Å². The molecule has 0 aliphatic carbocycles. The molecule has 2 heterocycles. The van der Waals surface area contributed by atoms with E-state index in [9.17, 15) is 0 Å². The first kappa shape index (κ1) is 13.2. The maximum absolute atomic E-state index is 5.56. The highest BCUT2D eigenvalue weighted by molar-refractivity contribution is 5.85. The van der Waals surface area contributed by atoms with Gasteiger partial charge in [-0.25, -0.2) is 0 Å². The molecule has 2 saturated heterocycles. The molecule has 0 saturated carbocycles. The fourth-order valence-corrected chi connectivity index (χ4v) is 2.89. The van der Waals surface area contributed by atoms with Gasteiger partial charge in [-0.2, -0.15) is 0 Å². The summed E-state index contributed by atoms with van der Waals surface area (Å²) in [6, 6.07) is 0. The van der Waals surface area contributed by atoms with Gasteiger partial charge in [-0.05, 0) is 37.8 Å². The molecule has 0 bridgehead atoms. The zero-order valence-corrected chi connectivity index (χ0v) is 10.3. The van der Waals surface area contributed by atoms with Crippen molar-refractivity contribution in [3.63, 3.8) is 0 Å². The minimum Gasteiger partial charge on any atom is -0.384 e. The lowest BCUT2D eigenvalue weighted by Crippen LogP contribution is -2.48. The van der Waals surface area contributed by atoms with Gasteiger partial charge in [-0.15, -0.1) is 12.4 Å². The molecule has 90 valence electrons. The fraction of sp³-hybridized carbons (Fsp3) is 1.00. The van der Waals surface area contributed by atoms with E-state index in [-0.39, 0.29) is 12.4 Å². The molecule has 1 spiro atoms. The third-order valence-electron chi connectivity index (χ3n) is 3.90. The van der Waals surface area contributed by atoms with Crippen molar-refractivity contribution in [3.8, 4) is 0 Å². The predicted octanol–water partition coefficient (Wildman–Crippen LogP) is 1.46. The molecule has 0 aromatic heterocycles. The van der Waals surface area contributed by atoms with Crippen molar-refractivity contribution < 1.29 is 9.47 Å². The van der Waals surface area contributed by atoms with E-state index in [0.29, 0.717) is 11.3 Å². The molecule has 1 atom stereocenters. The first-order chi connectivity index (χ1) is 6.87. The van der Waals surface area contributed by atoms with Gasteiger partial charge < -0.3 is 14.8 Å². The number of hydrogen-bond donors (Lipinski definition) is 1. The predicted molar refractivity (Wildman–Crippen MR) is 62.6 cm³/mol. The van der Waals surface area contributed by atoms with Gasteiger partial charge in [0.05, 0.1) is 13.2 Å². The van der Waals surface area contributed by atoms with E-state index in [2.05, 4.69) is 5.32 Å². The summed E-state index contributed by atoms with van der Waals surface area (Å²) in [4.78, 5) is 0. The SMILES string of the molecule is COCC1COCCC12CCNCC2.Cl. The molecular formula is C11H22ClNO2. The van der Waals surface area contributed by atoms with E-state index < -0.39 is 0 Å². The summed E-state index contributed by atoms with van der Waals surface area (Å²) in [5.41, 5.74) is 0.513. The highest BCUT2D eigenvalue weighted by Crippen LogP contribution is 2.43. The van der Waals surface area contributed by atoms with Crippen LogP contribution in [0.5, 0.6) is 0 Å². The molecule has 2 fully saturated rings. The first-order valence-electron chi connectivity index (χ1n) is 5.65. The van der Waals surface area contributed by atoms with Crippen LogP contribution in [-0.2, 0) is 9.47 Å². The second kappa shape index (κ2) is 6.04. The molecule has 3 nitrogen and oxygen atoms in total. The summed E-state index contributed by atoms with van der Waals surface area (Å²) >= 11 is 0. The molecule has 4 heteroatoms. The Hall–Kier alpha value is 0.170. The van der Waals surface area contributed by atoms with Gasteiger partial charge in [0.15, 0.2) is 0 Å². The zero-order valence-electron chi connectivity index (χ0n) is 9.46. The van der Waals surface area contributed by atoms with Crippen LogP contribution >= 0.6 is 12.4 Å². The molecule has 0 aromatic carbocycles. The third-order valence-corrected chi connectivity index (χ3v) is 3.90. The summed E-state index contributed by atoms with van der Waals surface area (Å²) in [5, 5.41) is 3.44. The van der Waals surface area contributed by atoms with Crippen LogP contribution in [-0.4, -0.2) is 40.0 Å². The van der Waals surface area contributed by atoms with Crippen LogP contribution in [0, 0.1) is 11.3 Å². The Morgan fingerprint density at radius 1 is 1.33 bits per heavy atom. The molecule has 1 N–H and O–H groups in total. The lowest BCUT2D eigenvalue weighted by atomic mass is 9.66. The van der Waals surface area contributed by atoms with Gasteiger partial charge in [0.2, 0.25) is 0 Å². The lowest BCUT2D eigenvalue weighted by Gasteiger charge is -2.46. The van der Waals surface area contributed by atoms with Crippen molar-refractivity contribution in [3.05, 3.63) is 0 Å². The molecule has 15 heavy (non-hydrogen) atoms. The Morgan fingerprint density at radius 3 is 2.73 bits per heavy atom. The molecule has 0 amide bonds. The molecule has 0 radical (unpaired) electrons. The van der Waals surface area contributed by atoms with Crippen LogP contribution in [0.3, 0.4) is 0 Å². The third kappa shape index (κ3) is 2.84. The summed E-state index contributed by atoms with van der Waals surface area (Å²) in [6.07, 6.45) is 3.82. The number of ether oxygens (including phenoxy) is 2. The number of halogens is 1. The van der Waals surface area contributed by atoms with E-state index in [1.165, 1.54) is 32.4 Å². The van der Waals surface area contributed by atoms with Crippen LogP contribution in [0.15, 0.2) is 0 Å². The molecular weight excluding hydrogens is 214 g/mol. The average Bonchev–Trinajstić information content (AvgIpc) is 2.23. The summed E-state index contributed by atoms with van der Waals surface area (Å²) < 4.78 is 10.9. The van der Waals surface area contributed by atoms with Crippen molar-refractivity contribution in [1.82, 2.24) is 5.32 Å². The van der Waals surface area contributed by atoms with Gasteiger partial charge in [-0.1, -0.05) is 0 Å². The second-order valence-electron chi connectivity index (χ2n) is 4.59. The molecule has 0 aromatic rings. The highest BCUT2D eigenvalue weighted by Gasteiger charge is 2.41. The van der Waals surface area contributed by atoms with Crippen molar-refractivity contribution in [1.29, 1.82) is 0 Å². The van der Waals surface area contributed by atoms with E-state index >= 15 is 0 Å². The van der Waals surface area contributed by atoms with Crippen LogP contribution in [0.25, 0.3) is 0 Å². The standard InChI is InChI=1S/C11H21NO2.ClH/c1-13-8-10-9-14-7-4-11(10)2-5-12-6-3-11;/h10,12H,2-9H2,1H3;1H. The van der Waals surface area contributed by atoms with Crippen LogP contribution in [0.1, 0.15) is 19.3 Å². The number of rotatable bonds is 2. The van der Waals surface area contributed by atoms with E-state index in [1.54, 1.807) is 7.11 Å². The van der Waals surface area contributed by atoms with Crippen molar-refractivity contribution >= 4 is 12.4 Å². The minimum absolute atomic E-state index is 0. The second-order valence-corrected chi connectivity index (χ2v) is 4.59. The van der Waals surface area contributed by atoms with Gasteiger partial charge >= 0.3 is 0 Å². The Morgan fingerprint density at radius 2 is 2.07 bits per heavy atom. The maximum Gasteiger partial charge on any atom is 0.0521 e. The van der Waals surface area contributed by atoms with E-state index in [0.717, 1.165) is 19.8 Å². The van der Waals surface area contributed by atoms with Crippen molar-refractivity contribution in [2.45, 2.75) is 19.3 Å². The number of nitrogens with one attached hydrogen (secondary N) is 1. The van der Waals surface area contributed by atoms with Gasteiger partial charge in [0, 0.05) is 19.6 Å². The van der Waals surface area contributed by atoms with Crippen LogP contribution in [0.4, 0.5) is 0 Å². The van der Waals surface area contributed by atoms with E-state index in [1.807, 2.05) is 0 Å². The Labute approximate surface area is 98.3 Å².